The van der Waals surface area contributed by atoms with Crippen molar-refractivity contribution in [1.82, 2.24) is 0 Å². The highest BCUT2D eigenvalue weighted by atomic mass is 16.5. The second-order valence-corrected chi connectivity index (χ2v) is 5.06. The lowest BCUT2D eigenvalue weighted by Crippen LogP contribution is -1.96. The first-order valence-electron chi connectivity index (χ1n) is 7.73. The molecule has 0 aliphatic rings. The van der Waals surface area contributed by atoms with E-state index in [0.29, 0.717) is 36.2 Å². The number of benzene rings is 2. The van der Waals surface area contributed by atoms with Crippen molar-refractivity contribution < 1.29 is 24.4 Å². The molecule has 0 saturated carbocycles. The summed E-state index contributed by atoms with van der Waals surface area (Å²) >= 11 is 0. The Hall–Kier alpha value is -2.56. The predicted octanol–water partition coefficient (Wildman–Crippen LogP) is 4.47. The normalized spacial score (nSPS) is 10.3. The Morgan fingerprint density at radius 2 is 1.17 bits per heavy atom. The molecular weight excluding hydrogens is 296 g/mol. The van der Waals surface area contributed by atoms with Gasteiger partial charge in [-0.25, -0.2) is 0 Å². The average Bonchev–Trinajstić information content (AvgIpc) is 2.55. The van der Waals surface area contributed by atoms with Crippen molar-refractivity contribution >= 4 is 0 Å². The summed E-state index contributed by atoms with van der Waals surface area (Å²) in [6.07, 6.45) is 1.70. The van der Waals surface area contributed by atoms with Gasteiger partial charge in [0.1, 0.15) is 11.5 Å². The van der Waals surface area contributed by atoms with E-state index in [1.807, 2.05) is 13.8 Å². The van der Waals surface area contributed by atoms with E-state index in [4.69, 9.17) is 14.2 Å². The molecule has 0 saturated heterocycles. The Morgan fingerprint density at radius 3 is 1.57 bits per heavy atom. The number of hydrogen-bond acceptors (Lipinski definition) is 5. The van der Waals surface area contributed by atoms with E-state index in [-0.39, 0.29) is 11.5 Å². The number of ether oxygens (including phenoxy) is 3. The first kappa shape index (κ1) is 16.8. The molecule has 124 valence electrons. The lowest BCUT2D eigenvalue weighted by Gasteiger charge is -2.12. The van der Waals surface area contributed by atoms with Crippen LogP contribution in [0, 0.1) is 0 Å². The van der Waals surface area contributed by atoms with Crippen LogP contribution in [0.4, 0.5) is 0 Å². The Labute approximate surface area is 136 Å². The SMILES string of the molecule is CCCOc1cc(Oc2ccc(O)c(OCCC)c2)ccc1O. The van der Waals surface area contributed by atoms with E-state index in [2.05, 4.69) is 0 Å². The van der Waals surface area contributed by atoms with Gasteiger partial charge in [0.25, 0.3) is 0 Å². The monoisotopic (exact) mass is 318 g/mol. The summed E-state index contributed by atoms with van der Waals surface area (Å²) in [5, 5.41) is 19.5. The topological polar surface area (TPSA) is 68.2 Å². The van der Waals surface area contributed by atoms with Gasteiger partial charge in [0.2, 0.25) is 0 Å². The molecule has 0 fully saturated rings. The molecule has 0 aliphatic heterocycles. The van der Waals surface area contributed by atoms with E-state index in [1.54, 1.807) is 24.3 Å². The van der Waals surface area contributed by atoms with Crippen LogP contribution in [0.15, 0.2) is 36.4 Å². The van der Waals surface area contributed by atoms with Crippen LogP contribution in [0.1, 0.15) is 26.7 Å². The molecule has 5 nitrogen and oxygen atoms in total. The van der Waals surface area contributed by atoms with Gasteiger partial charge in [-0.2, -0.15) is 0 Å². The van der Waals surface area contributed by atoms with E-state index in [1.165, 1.54) is 12.1 Å². The molecule has 0 bridgehead atoms. The number of rotatable bonds is 8. The van der Waals surface area contributed by atoms with Gasteiger partial charge in [0.15, 0.2) is 23.0 Å². The van der Waals surface area contributed by atoms with Crippen LogP contribution >= 0.6 is 0 Å². The lowest BCUT2D eigenvalue weighted by molar-refractivity contribution is 0.296. The minimum absolute atomic E-state index is 0.0727. The predicted molar refractivity (Wildman–Crippen MR) is 87.9 cm³/mol. The zero-order chi connectivity index (χ0) is 16.7. The van der Waals surface area contributed by atoms with E-state index < -0.39 is 0 Å². The van der Waals surface area contributed by atoms with Crippen LogP contribution in [0.2, 0.25) is 0 Å². The smallest absolute Gasteiger partial charge is 0.164 e. The number of phenolic OH excluding ortho intramolecular Hbond substituents is 2. The molecule has 5 heteroatoms. The van der Waals surface area contributed by atoms with Crippen LogP contribution in [-0.2, 0) is 0 Å². The quantitative estimate of drug-likeness (QED) is 0.751. The molecule has 0 radical (unpaired) electrons. The number of hydrogen-bond donors (Lipinski definition) is 2. The second-order valence-electron chi connectivity index (χ2n) is 5.06. The summed E-state index contributed by atoms with van der Waals surface area (Å²) < 4.78 is 16.7. The number of phenols is 2. The maximum atomic E-state index is 9.77. The van der Waals surface area contributed by atoms with E-state index in [9.17, 15) is 10.2 Å². The fourth-order valence-corrected chi connectivity index (χ4v) is 1.91. The van der Waals surface area contributed by atoms with Crippen molar-refractivity contribution in [2.24, 2.45) is 0 Å². The lowest BCUT2D eigenvalue weighted by atomic mass is 10.2. The Bertz CT molecular complexity index is 584. The molecule has 2 N–H and O–H groups in total. The standard InChI is InChI=1S/C18H22O5/c1-3-9-21-17-11-13(5-7-15(17)19)23-14-6-8-16(20)18(12-14)22-10-4-2/h5-8,11-12,19-20H,3-4,9-10H2,1-2H3. The van der Waals surface area contributed by atoms with Gasteiger partial charge in [0.05, 0.1) is 13.2 Å². The van der Waals surface area contributed by atoms with Crippen LogP contribution < -0.4 is 14.2 Å². The molecule has 0 spiro atoms. The second kappa shape index (κ2) is 8.17. The zero-order valence-corrected chi connectivity index (χ0v) is 13.4. The van der Waals surface area contributed by atoms with E-state index >= 15 is 0 Å². The first-order valence-corrected chi connectivity index (χ1v) is 7.73. The molecule has 2 rings (SSSR count). The maximum absolute atomic E-state index is 9.77. The van der Waals surface area contributed by atoms with Crippen LogP contribution in [0.5, 0.6) is 34.5 Å². The van der Waals surface area contributed by atoms with Crippen molar-refractivity contribution in [1.29, 1.82) is 0 Å². The first-order chi connectivity index (χ1) is 11.1. The fourth-order valence-electron chi connectivity index (χ4n) is 1.91. The summed E-state index contributed by atoms with van der Waals surface area (Å²) in [4.78, 5) is 0. The molecule has 0 amide bonds. The Kier molecular flexibility index (Phi) is 5.97. The zero-order valence-electron chi connectivity index (χ0n) is 13.4. The van der Waals surface area contributed by atoms with Crippen molar-refractivity contribution in [3.05, 3.63) is 36.4 Å². The van der Waals surface area contributed by atoms with Crippen molar-refractivity contribution in [2.45, 2.75) is 26.7 Å². The van der Waals surface area contributed by atoms with Crippen LogP contribution in [-0.4, -0.2) is 23.4 Å². The van der Waals surface area contributed by atoms with Gasteiger partial charge in [-0.3, -0.25) is 0 Å². The summed E-state index contributed by atoms with van der Waals surface area (Å²) in [6, 6.07) is 9.60. The van der Waals surface area contributed by atoms with Gasteiger partial charge in [-0.05, 0) is 37.1 Å². The van der Waals surface area contributed by atoms with Gasteiger partial charge >= 0.3 is 0 Å². The third kappa shape index (κ3) is 4.71. The minimum Gasteiger partial charge on any atom is -0.504 e. The summed E-state index contributed by atoms with van der Waals surface area (Å²) in [5.74, 6) is 1.96. The molecule has 0 aromatic heterocycles. The van der Waals surface area contributed by atoms with Crippen molar-refractivity contribution in [2.75, 3.05) is 13.2 Å². The van der Waals surface area contributed by atoms with Crippen LogP contribution in [0.25, 0.3) is 0 Å². The Morgan fingerprint density at radius 1 is 0.739 bits per heavy atom. The van der Waals surface area contributed by atoms with Gasteiger partial charge in [-0.1, -0.05) is 13.8 Å². The highest BCUT2D eigenvalue weighted by Gasteiger charge is 2.08. The Balaban J connectivity index is 2.15. The van der Waals surface area contributed by atoms with Gasteiger partial charge in [-0.15, -0.1) is 0 Å². The highest BCUT2D eigenvalue weighted by molar-refractivity contribution is 5.48. The summed E-state index contributed by atoms with van der Waals surface area (Å²) in [5.41, 5.74) is 0. The van der Waals surface area contributed by atoms with Gasteiger partial charge < -0.3 is 24.4 Å². The van der Waals surface area contributed by atoms with Crippen molar-refractivity contribution in [3.63, 3.8) is 0 Å². The van der Waals surface area contributed by atoms with Crippen LogP contribution in [0.3, 0.4) is 0 Å². The maximum Gasteiger partial charge on any atom is 0.164 e. The van der Waals surface area contributed by atoms with E-state index in [0.717, 1.165) is 12.8 Å². The highest BCUT2D eigenvalue weighted by Crippen LogP contribution is 2.35. The third-order valence-corrected chi connectivity index (χ3v) is 3.02. The van der Waals surface area contributed by atoms with Crippen molar-refractivity contribution in [3.8, 4) is 34.5 Å². The number of aromatic hydroxyl groups is 2. The molecule has 2 aromatic rings. The minimum atomic E-state index is 0.0727. The molecule has 0 heterocycles. The fraction of sp³-hybridized carbons (Fsp3) is 0.333. The molecule has 0 unspecified atom stereocenters. The average molecular weight is 318 g/mol. The van der Waals surface area contributed by atoms with Gasteiger partial charge in [0, 0.05) is 12.1 Å². The molecule has 0 aliphatic carbocycles. The summed E-state index contributed by atoms with van der Waals surface area (Å²) in [7, 11) is 0. The molecule has 2 aromatic carbocycles. The third-order valence-electron chi connectivity index (χ3n) is 3.02. The molecule has 23 heavy (non-hydrogen) atoms. The summed E-state index contributed by atoms with van der Waals surface area (Å²) in [6.45, 7) is 5.02. The molecule has 0 atom stereocenters. The molecular formula is C18H22O5. The largest absolute Gasteiger partial charge is 0.504 e.